The molecule has 0 saturated heterocycles. The summed E-state index contributed by atoms with van der Waals surface area (Å²) in [6.07, 6.45) is -0.201. The number of nitrogens with zero attached hydrogens (tertiary/aromatic N) is 2. The molecule has 1 rings (SSSR count). The average molecular weight is 272 g/mol. The Morgan fingerprint density at radius 2 is 2.11 bits per heavy atom. The number of halogens is 1. The number of rotatable bonds is 4. The Balaban J connectivity index is 2.98. The van der Waals surface area contributed by atoms with E-state index in [0.29, 0.717) is 0 Å². The van der Waals surface area contributed by atoms with Crippen molar-refractivity contribution in [3.8, 4) is 0 Å². The highest BCUT2D eigenvalue weighted by Crippen LogP contribution is 2.22. The lowest BCUT2D eigenvalue weighted by molar-refractivity contribution is -0.384. The zero-order valence-corrected chi connectivity index (χ0v) is 11.1. The molecule has 0 bridgehead atoms. The number of hydrogen-bond donors (Lipinski definition) is 1. The summed E-state index contributed by atoms with van der Waals surface area (Å²) in [6.45, 7) is 1.79. The van der Waals surface area contributed by atoms with Gasteiger partial charge in [0.25, 0.3) is 11.6 Å². The summed E-state index contributed by atoms with van der Waals surface area (Å²) in [4.78, 5) is 23.8. The molecule has 18 heavy (non-hydrogen) atoms. The molecule has 1 atom stereocenters. The molecule has 98 valence electrons. The van der Waals surface area contributed by atoms with E-state index in [9.17, 15) is 14.9 Å². The van der Waals surface area contributed by atoms with Crippen LogP contribution >= 0.6 is 11.6 Å². The Hall–Kier alpha value is -1.66. The third kappa shape index (κ3) is 3.41. The summed E-state index contributed by atoms with van der Waals surface area (Å²) >= 11 is 5.86. The minimum absolute atomic E-state index is 0.0968. The highest BCUT2D eigenvalue weighted by atomic mass is 35.5. The zero-order valence-electron chi connectivity index (χ0n) is 10.3. The van der Waals surface area contributed by atoms with E-state index in [-0.39, 0.29) is 22.4 Å². The first kappa shape index (κ1) is 14.4. The van der Waals surface area contributed by atoms with Crippen LogP contribution in [0.25, 0.3) is 0 Å². The van der Waals surface area contributed by atoms with Crippen molar-refractivity contribution in [1.82, 2.24) is 10.2 Å². The van der Waals surface area contributed by atoms with Crippen molar-refractivity contribution in [1.29, 1.82) is 0 Å². The molecule has 0 spiro atoms. The van der Waals surface area contributed by atoms with Gasteiger partial charge in [0.15, 0.2) is 0 Å². The van der Waals surface area contributed by atoms with Gasteiger partial charge >= 0.3 is 0 Å². The molecule has 1 aromatic rings. The van der Waals surface area contributed by atoms with Gasteiger partial charge in [0.2, 0.25) is 0 Å². The fourth-order valence-electron chi connectivity index (χ4n) is 1.20. The first-order chi connectivity index (χ1) is 8.32. The molecule has 0 aliphatic rings. The second-order valence-electron chi connectivity index (χ2n) is 4.03. The van der Waals surface area contributed by atoms with E-state index in [1.165, 1.54) is 18.2 Å². The fourth-order valence-corrected chi connectivity index (χ4v) is 1.40. The maximum absolute atomic E-state index is 11.9. The van der Waals surface area contributed by atoms with Crippen molar-refractivity contribution in [3.63, 3.8) is 0 Å². The maximum Gasteiger partial charge on any atom is 0.270 e. The van der Waals surface area contributed by atoms with Crippen LogP contribution in [0.3, 0.4) is 0 Å². The lowest BCUT2D eigenvalue weighted by atomic mass is 10.2. The van der Waals surface area contributed by atoms with Gasteiger partial charge in [-0.25, -0.2) is 0 Å². The van der Waals surface area contributed by atoms with E-state index in [1.54, 1.807) is 25.9 Å². The molecule has 7 heteroatoms. The number of non-ortho nitro benzene ring substituents is 1. The van der Waals surface area contributed by atoms with E-state index >= 15 is 0 Å². The van der Waals surface area contributed by atoms with E-state index < -0.39 is 10.8 Å². The van der Waals surface area contributed by atoms with Gasteiger partial charge in [-0.1, -0.05) is 11.6 Å². The second kappa shape index (κ2) is 5.79. The van der Waals surface area contributed by atoms with E-state index in [0.717, 1.165) is 0 Å². The number of hydrogen-bond acceptors (Lipinski definition) is 4. The number of amides is 1. The Morgan fingerprint density at radius 3 is 2.61 bits per heavy atom. The first-order valence-corrected chi connectivity index (χ1v) is 5.62. The van der Waals surface area contributed by atoms with E-state index in [4.69, 9.17) is 11.6 Å². The summed E-state index contributed by atoms with van der Waals surface area (Å²) in [5.41, 5.74) is -0.0679. The smallest absolute Gasteiger partial charge is 0.270 e. The molecule has 0 heterocycles. The van der Waals surface area contributed by atoms with Crippen molar-refractivity contribution < 1.29 is 9.72 Å². The van der Waals surface area contributed by atoms with Crippen molar-refractivity contribution in [2.75, 3.05) is 14.1 Å². The predicted molar refractivity (Wildman–Crippen MR) is 68.7 cm³/mol. The normalized spacial score (nSPS) is 12.3. The molecule has 0 radical (unpaired) electrons. The third-order valence-corrected chi connectivity index (χ3v) is 2.85. The van der Waals surface area contributed by atoms with Crippen LogP contribution in [0.4, 0.5) is 5.69 Å². The Labute approximate surface area is 110 Å². The van der Waals surface area contributed by atoms with Crippen LogP contribution in [0.2, 0.25) is 5.02 Å². The van der Waals surface area contributed by atoms with Crippen LogP contribution < -0.4 is 5.32 Å². The van der Waals surface area contributed by atoms with Crippen LogP contribution in [0.1, 0.15) is 17.3 Å². The predicted octanol–water partition coefficient (Wildman–Crippen LogP) is 1.89. The summed E-state index contributed by atoms with van der Waals surface area (Å²) in [7, 11) is 3.61. The second-order valence-corrected chi connectivity index (χ2v) is 4.44. The Bertz CT molecular complexity index is 477. The first-order valence-electron chi connectivity index (χ1n) is 5.24. The lowest BCUT2D eigenvalue weighted by Gasteiger charge is -2.21. The van der Waals surface area contributed by atoms with Crippen LogP contribution in [0.15, 0.2) is 18.2 Å². The summed E-state index contributed by atoms with van der Waals surface area (Å²) < 4.78 is 0. The number of benzene rings is 1. The number of carbonyl (C=O) groups excluding carboxylic acids is 1. The van der Waals surface area contributed by atoms with Crippen molar-refractivity contribution in [2.24, 2.45) is 0 Å². The molecule has 1 unspecified atom stereocenters. The fraction of sp³-hybridized carbons (Fsp3) is 0.364. The number of nitrogens with one attached hydrogen (secondary N) is 1. The topological polar surface area (TPSA) is 75.5 Å². The molecule has 1 amide bonds. The van der Waals surface area contributed by atoms with Gasteiger partial charge in [0, 0.05) is 12.1 Å². The molecule has 1 N–H and O–H groups in total. The zero-order chi connectivity index (χ0) is 13.9. The summed E-state index contributed by atoms with van der Waals surface area (Å²) in [5, 5.41) is 13.5. The SMILES string of the molecule is CC(NC(=O)c1cc([N+](=O)[O-])ccc1Cl)N(C)C. The van der Waals surface area contributed by atoms with Crippen molar-refractivity contribution in [2.45, 2.75) is 13.1 Å². The molecule has 0 saturated carbocycles. The largest absolute Gasteiger partial charge is 0.337 e. The Kier molecular flexibility index (Phi) is 4.63. The molecule has 0 aliphatic heterocycles. The molecular weight excluding hydrogens is 258 g/mol. The van der Waals surface area contributed by atoms with Crippen molar-refractivity contribution >= 4 is 23.2 Å². The lowest BCUT2D eigenvalue weighted by Crippen LogP contribution is -2.42. The molecular formula is C11H14ClN3O3. The number of nitro benzene ring substituents is 1. The van der Waals surface area contributed by atoms with E-state index in [1.807, 2.05) is 0 Å². The van der Waals surface area contributed by atoms with Crippen LogP contribution in [0, 0.1) is 10.1 Å². The molecule has 6 nitrogen and oxygen atoms in total. The van der Waals surface area contributed by atoms with Gasteiger partial charge in [-0.05, 0) is 27.1 Å². The summed E-state index contributed by atoms with van der Waals surface area (Å²) in [5.74, 6) is -0.440. The third-order valence-electron chi connectivity index (χ3n) is 2.52. The molecule has 0 aliphatic carbocycles. The molecule has 0 fully saturated rings. The highest BCUT2D eigenvalue weighted by molar-refractivity contribution is 6.33. The van der Waals surface area contributed by atoms with Crippen LogP contribution in [-0.4, -0.2) is 36.0 Å². The minimum atomic E-state index is -0.567. The van der Waals surface area contributed by atoms with Gasteiger partial charge in [-0.3, -0.25) is 19.8 Å². The highest BCUT2D eigenvalue weighted by Gasteiger charge is 2.17. The van der Waals surface area contributed by atoms with Gasteiger partial charge in [0.1, 0.15) is 0 Å². The summed E-state index contributed by atoms with van der Waals surface area (Å²) in [6, 6.07) is 3.77. The van der Waals surface area contributed by atoms with E-state index in [2.05, 4.69) is 5.32 Å². The van der Waals surface area contributed by atoms with Crippen LogP contribution in [0.5, 0.6) is 0 Å². The monoisotopic (exact) mass is 271 g/mol. The maximum atomic E-state index is 11.9. The molecule has 1 aromatic carbocycles. The average Bonchev–Trinajstić information content (AvgIpc) is 2.28. The quantitative estimate of drug-likeness (QED) is 0.515. The number of carbonyl (C=O) groups is 1. The molecule has 0 aromatic heterocycles. The Morgan fingerprint density at radius 1 is 1.50 bits per heavy atom. The van der Waals surface area contributed by atoms with Gasteiger partial charge < -0.3 is 5.32 Å². The minimum Gasteiger partial charge on any atom is -0.337 e. The van der Waals surface area contributed by atoms with Crippen molar-refractivity contribution in [3.05, 3.63) is 38.9 Å². The standard InChI is InChI=1S/C11H14ClN3O3/c1-7(14(2)3)13-11(16)9-6-8(15(17)18)4-5-10(9)12/h4-7H,1-3H3,(H,13,16). The van der Waals surface area contributed by atoms with Gasteiger partial charge in [-0.15, -0.1) is 0 Å². The van der Waals surface area contributed by atoms with Gasteiger partial charge in [0.05, 0.1) is 21.7 Å². The van der Waals surface area contributed by atoms with Gasteiger partial charge in [-0.2, -0.15) is 0 Å². The number of nitro groups is 1. The van der Waals surface area contributed by atoms with Crippen LogP contribution in [-0.2, 0) is 0 Å².